The van der Waals surface area contributed by atoms with Gasteiger partial charge in [-0.1, -0.05) is 31.7 Å². The number of aliphatic imine (C=N–C) groups is 1. The van der Waals surface area contributed by atoms with E-state index in [2.05, 4.69) is 15.0 Å². The number of carbonyl (C=O) groups is 2. The van der Waals surface area contributed by atoms with E-state index in [1.54, 1.807) is 20.0 Å². The molecule has 0 radical (unpaired) electrons. The molecule has 3 heterocycles. The first-order chi connectivity index (χ1) is 18.3. The third kappa shape index (κ3) is 7.81. The number of carbonyl (C=O) groups excluding carboxylic acids is 2. The lowest BCUT2D eigenvalue weighted by Gasteiger charge is -2.05. The Bertz CT molecular complexity index is 1290. The number of aromatic nitrogens is 2. The van der Waals surface area contributed by atoms with E-state index in [9.17, 15) is 14.0 Å². The summed E-state index contributed by atoms with van der Waals surface area (Å²) in [5, 5.41) is 0. The summed E-state index contributed by atoms with van der Waals surface area (Å²) in [5.74, 6) is -1.07. The van der Waals surface area contributed by atoms with Gasteiger partial charge in [0.2, 0.25) is 0 Å². The minimum absolute atomic E-state index is 0. The number of hydrogen-bond acceptors (Lipinski definition) is 10. The molecule has 1 aliphatic heterocycles. The fraction of sp³-hybridized carbons (Fsp3) is 0.296. The zero-order valence-corrected chi connectivity index (χ0v) is 20.9. The zero-order chi connectivity index (χ0) is 28.1. The van der Waals surface area contributed by atoms with E-state index >= 15 is 0 Å². The van der Waals surface area contributed by atoms with Gasteiger partial charge in [0.25, 0.3) is 0 Å². The highest BCUT2D eigenvalue weighted by Gasteiger charge is 2.24. The number of rotatable bonds is 6. The summed E-state index contributed by atoms with van der Waals surface area (Å²) in [4.78, 5) is 45.2. The number of benzene rings is 1. The molecule has 1 aliphatic rings. The highest BCUT2D eigenvalue weighted by Crippen LogP contribution is 2.32. The van der Waals surface area contributed by atoms with Crippen molar-refractivity contribution in [2.45, 2.75) is 34.6 Å². The molecule has 1 aromatic carbocycles. The van der Waals surface area contributed by atoms with Gasteiger partial charge in [-0.05, 0) is 31.9 Å². The second kappa shape index (κ2) is 15.7. The predicted molar refractivity (Wildman–Crippen MR) is 145 cm³/mol. The van der Waals surface area contributed by atoms with Crippen LogP contribution in [0.2, 0.25) is 0 Å². The van der Waals surface area contributed by atoms with Gasteiger partial charge >= 0.3 is 11.9 Å². The lowest BCUT2D eigenvalue weighted by atomic mass is 10.0. The van der Waals surface area contributed by atoms with Crippen LogP contribution in [0.15, 0.2) is 54.0 Å². The molecule has 0 saturated heterocycles. The van der Waals surface area contributed by atoms with Crippen molar-refractivity contribution in [1.82, 2.24) is 9.97 Å². The first-order valence-corrected chi connectivity index (χ1v) is 11.2. The summed E-state index contributed by atoms with van der Waals surface area (Å²) >= 11 is 0. The first kappa shape index (κ1) is 29.8. The van der Waals surface area contributed by atoms with E-state index < -0.39 is 19.1 Å². The van der Waals surface area contributed by atoms with E-state index in [1.807, 2.05) is 31.2 Å². The third-order valence-corrected chi connectivity index (χ3v) is 5.04. The normalized spacial score (nSPS) is 11.2. The Labute approximate surface area is 223 Å². The lowest BCUT2D eigenvalue weighted by Crippen LogP contribution is -2.10. The van der Waals surface area contributed by atoms with Crippen LogP contribution in [0.25, 0.3) is 0 Å². The molecular formula is C27H34FN5O5. The average molecular weight is 529 g/mol. The monoisotopic (exact) mass is 528 g/mol. The van der Waals surface area contributed by atoms with Gasteiger partial charge in [0.15, 0.2) is 0 Å². The Morgan fingerprint density at radius 2 is 1.68 bits per heavy atom. The number of nitrogen functional groups attached to an aromatic ring is 2. The molecule has 0 atom stereocenters. The van der Waals surface area contributed by atoms with Crippen molar-refractivity contribution >= 4 is 34.7 Å². The summed E-state index contributed by atoms with van der Waals surface area (Å²) in [5.41, 5.74) is 16.8. The van der Waals surface area contributed by atoms with Crippen molar-refractivity contribution in [2.75, 3.05) is 31.8 Å². The molecule has 38 heavy (non-hydrogen) atoms. The number of fused-ring (bicyclic) bond motifs is 1. The van der Waals surface area contributed by atoms with Crippen molar-refractivity contribution in [2.24, 2.45) is 4.99 Å². The molecule has 0 aliphatic carbocycles. The van der Waals surface area contributed by atoms with Crippen LogP contribution in [0.3, 0.4) is 0 Å². The van der Waals surface area contributed by atoms with Gasteiger partial charge in [-0.2, -0.15) is 4.89 Å². The number of alkyl halides is 1. The summed E-state index contributed by atoms with van der Waals surface area (Å²) < 4.78 is 20.2. The molecule has 0 spiro atoms. The molecule has 204 valence electrons. The van der Waals surface area contributed by atoms with E-state index in [1.165, 1.54) is 18.6 Å². The fourth-order valence-corrected chi connectivity index (χ4v) is 3.33. The number of nitrogens with zero attached hydrogens (tertiary/aromatic N) is 3. The first-order valence-electron chi connectivity index (χ1n) is 11.9. The smallest absolute Gasteiger partial charge is 0.376 e. The maximum Gasteiger partial charge on any atom is 0.376 e. The molecule has 0 bridgehead atoms. The second-order valence-electron chi connectivity index (χ2n) is 7.43. The minimum atomic E-state index is -1.00. The van der Waals surface area contributed by atoms with Crippen LogP contribution in [-0.4, -0.2) is 48.0 Å². The van der Waals surface area contributed by atoms with Crippen LogP contribution >= 0.6 is 0 Å². The number of esters is 1. The van der Waals surface area contributed by atoms with Crippen molar-refractivity contribution in [3.8, 4) is 0 Å². The number of ether oxygens (including phenoxy) is 1. The van der Waals surface area contributed by atoms with Crippen LogP contribution in [-0.2, 0) is 20.9 Å². The van der Waals surface area contributed by atoms with Crippen LogP contribution < -0.4 is 11.5 Å². The van der Waals surface area contributed by atoms with Gasteiger partial charge in [0.1, 0.15) is 11.1 Å². The molecule has 4 N–H and O–H groups in total. The number of halogens is 1. The van der Waals surface area contributed by atoms with E-state index in [0.717, 1.165) is 22.4 Å². The van der Waals surface area contributed by atoms with Crippen LogP contribution in [0.5, 0.6) is 0 Å². The Morgan fingerprint density at radius 3 is 2.34 bits per heavy atom. The maximum atomic E-state index is 12.0. The molecule has 0 amide bonds. The molecule has 11 heteroatoms. The molecule has 0 fully saturated rings. The van der Waals surface area contributed by atoms with Crippen LogP contribution in [0, 0.1) is 6.92 Å². The highest BCUT2D eigenvalue weighted by molar-refractivity contribution is 6.10. The second-order valence-corrected chi connectivity index (χ2v) is 7.43. The summed E-state index contributed by atoms with van der Waals surface area (Å²) in [6, 6.07) is 8.05. The molecule has 10 nitrogen and oxygen atoms in total. The number of pyridine rings is 2. The van der Waals surface area contributed by atoms with Crippen molar-refractivity contribution in [3.05, 3.63) is 76.9 Å². The summed E-state index contributed by atoms with van der Waals surface area (Å²) in [6.45, 7) is 6.10. The van der Waals surface area contributed by atoms with E-state index in [4.69, 9.17) is 27.4 Å². The summed E-state index contributed by atoms with van der Waals surface area (Å²) in [7, 11) is -1.00. The predicted octanol–water partition coefficient (Wildman–Crippen LogP) is 4.82. The highest BCUT2D eigenvalue weighted by atomic mass is 19.1. The number of anilines is 2. The van der Waals surface area contributed by atoms with Crippen molar-refractivity contribution in [3.63, 3.8) is 0 Å². The number of nitrogens with two attached hydrogens (primary N) is 2. The van der Waals surface area contributed by atoms with Gasteiger partial charge in [-0.3, -0.25) is 24.2 Å². The Hall–Kier alpha value is -4.38. The van der Waals surface area contributed by atoms with Gasteiger partial charge < -0.3 is 16.2 Å². The average Bonchev–Trinajstić information content (AvgIpc) is 3.34. The largest absolute Gasteiger partial charge is 0.462 e. The van der Waals surface area contributed by atoms with E-state index in [0.29, 0.717) is 30.9 Å². The number of hydrogen-bond donors (Lipinski definition) is 2. The molecule has 0 unspecified atom stereocenters. The number of aryl methyl sites for hydroxylation is 1. The zero-order valence-electron chi connectivity index (χ0n) is 21.9. The topological polar surface area (TPSA) is 152 Å². The molecule has 0 saturated carbocycles. The quantitative estimate of drug-likeness (QED) is 0.260. The fourth-order valence-electron chi connectivity index (χ4n) is 3.33. The lowest BCUT2D eigenvalue weighted by molar-refractivity contribution is -0.236. The van der Waals surface area contributed by atoms with Crippen molar-refractivity contribution in [1.29, 1.82) is 0 Å². The van der Waals surface area contributed by atoms with Crippen LogP contribution in [0.4, 0.5) is 21.5 Å². The summed E-state index contributed by atoms with van der Waals surface area (Å²) in [6.07, 6.45) is 6.58. The third-order valence-electron chi connectivity index (χ3n) is 5.04. The Morgan fingerprint density at radius 1 is 1.03 bits per heavy atom. The molecule has 4 rings (SSSR count). The van der Waals surface area contributed by atoms with Crippen molar-refractivity contribution < 1.29 is 29.9 Å². The minimum Gasteiger partial charge on any atom is -0.462 e. The molecule has 2 aromatic heterocycles. The van der Waals surface area contributed by atoms with E-state index in [-0.39, 0.29) is 24.4 Å². The van der Waals surface area contributed by atoms with Gasteiger partial charge in [0.05, 0.1) is 50.7 Å². The van der Waals surface area contributed by atoms with Gasteiger partial charge in [-0.25, -0.2) is 9.59 Å². The maximum absolute atomic E-state index is 12.0. The molecular weight excluding hydrogens is 493 g/mol. The standard InChI is InChI=1S/C17H16N2O3.C8H11N3O2.CH3F.CH4/c1-3-21-22-17(20)14-10-18-9-12-8-15(19-16(12)14)13-7-5-4-6-11(13)2;1-2-13-8(12)5-3-11-4-6(9)7(5)10;1-2;/h4-7,9-10H,3,8H2,1-2H3;3-4H,2,9H2,1H3,(H2,10,11);1H3;1H4/i;;1D;. The van der Waals surface area contributed by atoms with Gasteiger partial charge in [0, 0.05) is 30.6 Å². The van der Waals surface area contributed by atoms with Gasteiger partial charge in [-0.15, -0.1) is 0 Å². The Kier molecular flexibility index (Phi) is 12.3. The Balaban J connectivity index is 0.000000384. The van der Waals surface area contributed by atoms with Crippen LogP contribution in [0.1, 0.15) is 60.1 Å². The SMILES string of the molecule is C.CCOC(=O)c1cncc(N)c1N.CCOOC(=O)c1cncc2c1N=C(c1ccccc1C)C2.[2H]CF. The molecule has 3 aromatic rings.